The number of H-pyrrole nitrogens is 1. The third kappa shape index (κ3) is 7.64. The van der Waals surface area contributed by atoms with Gasteiger partial charge in [-0.05, 0) is 49.1 Å². The van der Waals surface area contributed by atoms with Gasteiger partial charge >= 0.3 is 6.09 Å². The molecule has 2 aliphatic heterocycles. The average Bonchev–Trinajstić information content (AvgIpc) is 3.47. The fourth-order valence-electron chi connectivity index (χ4n) is 5.18. The second-order valence-electron chi connectivity index (χ2n) is 10.5. The van der Waals surface area contributed by atoms with Gasteiger partial charge in [0, 0.05) is 75.8 Å². The molecule has 1 atom stereocenters. The van der Waals surface area contributed by atoms with Crippen LogP contribution in [0.15, 0.2) is 55.1 Å². The third-order valence-electron chi connectivity index (χ3n) is 7.43. The zero-order valence-electron chi connectivity index (χ0n) is 22.5. The highest BCUT2D eigenvalue weighted by Crippen LogP contribution is 2.19. The maximum atomic E-state index is 12.7. The number of piperazine rings is 1. The Bertz CT molecular complexity index is 1210. The van der Waals surface area contributed by atoms with Crippen LogP contribution in [0, 0.1) is 5.92 Å². The van der Waals surface area contributed by atoms with E-state index in [0.29, 0.717) is 24.3 Å². The third-order valence-corrected chi connectivity index (χ3v) is 7.43. The number of anilines is 1. The van der Waals surface area contributed by atoms with E-state index in [1.54, 1.807) is 23.4 Å². The topological polar surface area (TPSA) is 107 Å². The van der Waals surface area contributed by atoms with Crippen molar-refractivity contribution in [1.82, 2.24) is 29.7 Å². The van der Waals surface area contributed by atoms with Crippen molar-refractivity contribution < 1.29 is 14.3 Å². The molecule has 0 saturated carbocycles. The first-order valence-electron chi connectivity index (χ1n) is 13.8. The first-order valence-corrected chi connectivity index (χ1v) is 13.8. The summed E-state index contributed by atoms with van der Waals surface area (Å²) >= 11 is 0. The number of nitrogens with one attached hydrogen (secondary N) is 2. The van der Waals surface area contributed by atoms with E-state index in [-0.39, 0.29) is 11.8 Å². The van der Waals surface area contributed by atoms with Crippen molar-refractivity contribution in [2.75, 3.05) is 51.1 Å². The summed E-state index contributed by atoms with van der Waals surface area (Å²) in [7, 11) is 0. The van der Waals surface area contributed by atoms with Crippen molar-refractivity contribution in [3.8, 4) is 5.88 Å². The molecule has 2 aromatic heterocycles. The van der Waals surface area contributed by atoms with E-state index in [0.717, 1.165) is 57.3 Å². The number of rotatable bonds is 8. The number of hydrogen-bond acceptors (Lipinski definition) is 7. The van der Waals surface area contributed by atoms with Gasteiger partial charge in [-0.15, -0.1) is 0 Å². The van der Waals surface area contributed by atoms with E-state index in [9.17, 15) is 9.59 Å². The fourth-order valence-corrected chi connectivity index (χ4v) is 5.18. The molecule has 206 valence electrons. The zero-order chi connectivity index (χ0) is 27.0. The predicted octanol–water partition coefficient (Wildman–Crippen LogP) is 3.65. The number of aromatic amines is 1. The normalized spacial score (nSPS) is 18.6. The summed E-state index contributed by atoms with van der Waals surface area (Å²) in [5.41, 5.74) is 3.45. The Kier molecular flexibility index (Phi) is 8.85. The largest absolute Gasteiger partial charge is 0.416 e. The molecule has 2 fully saturated rings. The van der Waals surface area contributed by atoms with Crippen LogP contribution in [-0.2, 0) is 13.0 Å². The Morgan fingerprint density at radius 1 is 1.03 bits per heavy atom. The van der Waals surface area contributed by atoms with Gasteiger partial charge in [-0.1, -0.05) is 19.1 Å². The molecule has 1 aromatic carbocycles. The van der Waals surface area contributed by atoms with Gasteiger partial charge in [0.2, 0.25) is 5.88 Å². The summed E-state index contributed by atoms with van der Waals surface area (Å²) < 4.78 is 5.46. The van der Waals surface area contributed by atoms with Crippen molar-refractivity contribution in [3.05, 3.63) is 71.9 Å². The number of nitrogens with zero attached hydrogens (tertiary/aromatic N) is 5. The molecule has 3 aromatic rings. The van der Waals surface area contributed by atoms with Crippen LogP contribution in [0.25, 0.3) is 0 Å². The van der Waals surface area contributed by atoms with Gasteiger partial charge < -0.3 is 19.9 Å². The lowest BCUT2D eigenvalue weighted by Crippen LogP contribution is -2.50. The number of pyridine rings is 1. The van der Waals surface area contributed by atoms with Crippen LogP contribution >= 0.6 is 0 Å². The summed E-state index contributed by atoms with van der Waals surface area (Å²) in [6, 6.07) is 11.0. The van der Waals surface area contributed by atoms with Crippen molar-refractivity contribution in [2.24, 2.45) is 5.92 Å². The standard InChI is InChI=1S/C29H37N7O3/c1-22-3-2-11-35(19-22)20-23-4-6-24(7-5-23)28(37)33-26-8-9-27(31-18-26)39-29(38)36-15-13-34(14-16-36)12-10-25-17-30-21-32-25/h4-9,17-18,21-22H,2-3,10-16,19-20H2,1H3,(H,30,32)(H,33,37). The number of carbonyl (C=O) groups is 2. The van der Waals surface area contributed by atoms with Gasteiger partial charge in [-0.2, -0.15) is 0 Å². The van der Waals surface area contributed by atoms with E-state index in [2.05, 4.69) is 37.0 Å². The Hall–Kier alpha value is -3.76. The summed E-state index contributed by atoms with van der Waals surface area (Å²) in [4.78, 5) is 43.2. The molecule has 0 radical (unpaired) electrons. The van der Waals surface area contributed by atoms with Crippen LogP contribution in [-0.4, -0.2) is 87.5 Å². The molecule has 2 amide bonds. The second-order valence-corrected chi connectivity index (χ2v) is 10.5. The summed E-state index contributed by atoms with van der Waals surface area (Å²) in [5, 5.41) is 2.86. The van der Waals surface area contributed by atoms with E-state index in [4.69, 9.17) is 4.74 Å². The summed E-state index contributed by atoms with van der Waals surface area (Å²) in [6.07, 6.45) is 8.07. The fraction of sp³-hybridized carbons (Fsp3) is 0.448. The number of piperidine rings is 1. The number of likely N-dealkylation sites (tertiary alicyclic amines) is 1. The second kappa shape index (κ2) is 12.9. The molecule has 0 aliphatic carbocycles. The lowest BCUT2D eigenvalue weighted by atomic mass is 9.99. The van der Waals surface area contributed by atoms with Crippen LogP contribution in [0.3, 0.4) is 0 Å². The molecule has 1 unspecified atom stereocenters. The molecule has 2 aliphatic rings. The molecular weight excluding hydrogens is 494 g/mol. The van der Waals surface area contributed by atoms with Gasteiger partial charge in [0.05, 0.1) is 18.2 Å². The number of aromatic nitrogens is 3. The quantitative estimate of drug-likeness (QED) is 0.457. The summed E-state index contributed by atoms with van der Waals surface area (Å²) in [5.74, 6) is 0.743. The van der Waals surface area contributed by atoms with Crippen LogP contribution in [0.5, 0.6) is 5.88 Å². The lowest BCUT2D eigenvalue weighted by Gasteiger charge is -2.33. The van der Waals surface area contributed by atoms with Gasteiger partial charge in [-0.25, -0.2) is 14.8 Å². The number of imidazole rings is 1. The Labute approximate surface area is 229 Å². The SMILES string of the molecule is CC1CCCN(Cc2ccc(C(=O)Nc3ccc(OC(=O)N4CCN(CCc5cnc[nH]5)CC4)nc3)cc2)C1. The number of carbonyl (C=O) groups excluding carboxylic acids is 2. The van der Waals surface area contributed by atoms with Crippen LogP contribution in [0.1, 0.15) is 41.4 Å². The highest BCUT2D eigenvalue weighted by molar-refractivity contribution is 6.04. The molecule has 0 bridgehead atoms. The maximum absolute atomic E-state index is 12.7. The van der Waals surface area contributed by atoms with Crippen LogP contribution in [0.4, 0.5) is 10.5 Å². The molecule has 10 heteroatoms. The molecule has 2 saturated heterocycles. The minimum absolute atomic E-state index is 0.204. The molecule has 0 spiro atoms. The average molecular weight is 532 g/mol. The van der Waals surface area contributed by atoms with E-state index >= 15 is 0 Å². The first-order chi connectivity index (χ1) is 19.0. The molecular formula is C29H37N7O3. The van der Waals surface area contributed by atoms with Crippen molar-refractivity contribution in [2.45, 2.75) is 32.7 Å². The molecule has 10 nitrogen and oxygen atoms in total. The molecule has 2 N–H and O–H groups in total. The smallest absolute Gasteiger partial charge is 0.391 e. The predicted molar refractivity (Wildman–Crippen MR) is 149 cm³/mol. The Morgan fingerprint density at radius 3 is 2.54 bits per heavy atom. The highest BCUT2D eigenvalue weighted by atomic mass is 16.6. The van der Waals surface area contributed by atoms with Crippen LogP contribution in [0.2, 0.25) is 0 Å². The first kappa shape index (κ1) is 26.8. The van der Waals surface area contributed by atoms with E-state index < -0.39 is 6.09 Å². The lowest BCUT2D eigenvalue weighted by molar-refractivity contribution is 0.102. The minimum atomic E-state index is -0.411. The van der Waals surface area contributed by atoms with Crippen molar-refractivity contribution >= 4 is 17.7 Å². The van der Waals surface area contributed by atoms with Crippen molar-refractivity contribution in [1.29, 1.82) is 0 Å². The summed E-state index contributed by atoms with van der Waals surface area (Å²) in [6.45, 7) is 9.19. The van der Waals surface area contributed by atoms with Gasteiger partial charge in [0.1, 0.15) is 0 Å². The monoisotopic (exact) mass is 531 g/mol. The Morgan fingerprint density at radius 2 is 1.85 bits per heavy atom. The maximum Gasteiger partial charge on any atom is 0.416 e. The number of benzene rings is 1. The Balaban J connectivity index is 1.05. The van der Waals surface area contributed by atoms with E-state index in [1.165, 1.54) is 24.6 Å². The van der Waals surface area contributed by atoms with Crippen molar-refractivity contribution in [3.63, 3.8) is 0 Å². The number of amides is 2. The van der Waals surface area contributed by atoms with E-state index in [1.807, 2.05) is 30.5 Å². The molecule has 39 heavy (non-hydrogen) atoms. The molecule has 5 rings (SSSR count). The van der Waals surface area contributed by atoms with Gasteiger partial charge in [0.15, 0.2) is 0 Å². The molecule has 4 heterocycles. The highest BCUT2D eigenvalue weighted by Gasteiger charge is 2.23. The van der Waals surface area contributed by atoms with Gasteiger partial charge in [0.25, 0.3) is 5.91 Å². The number of ether oxygens (including phenoxy) is 1. The zero-order valence-corrected chi connectivity index (χ0v) is 22.5. The van der Waals surface area contributed by atoms with Gasteiger partial charge in [-0.3, -0.25) is 14.6 Å². The minimum Gasteiger partial charge on any atom is -0.391 e. The number of hydrogen-bond donors (Lipinski definition) is 2. The van der Waals surface area contributed by atoms with Crippen LogP contribution < -0.4 is 10.1 Å².